The van der Waals surface area contributed by atoms with Crippen LogP contribution in [0.15, 0.2) is 55.0 Å². The van der Waals surface area contributed by atoms with Crippen molar-refractivity contribution in [2.45, 2.75) is 18.8 Å². The monoisotopic (exact) mass is 383 g/mol. The van der Waals surface area contributed by atoms with Gasteiger partial charge in [0.1, 0.15) is 11.6 Å². The smallest absolute Gasteiger partial charge is 0.321 e. The third kappa shape index (κ3) is 3.71. The quantitative estimate of drug-likeness (QED) is 0.745. The Morgan fingerprint density at radius 2 is 2.07 bits per heavy atom. The Labute approximate surface area is 160 Å². The van der Waals surface area contributed by atoms with Crippen molar-refractivity contribution in [3.8, 4) is 5.82 Å². The molecule has 0 radical (unpaired) electrons. The molecule has 4 rings (SSSR count). The zero-order valence-corrected chi connectivity index (χ0v) is 15.1. The highest BCUT2D eigenvalue weighted by Gasteiger charge is 2.27. The Bertz CT molecular complexity index is 976. The molecule has 1 unspecified atom stereocenters. The summed E-state index contributed by atoms with van der Waals surface area (Å²) in [5.41, 5.74) is 0.839. The number of nitrogens with zero attached hydrogens (tertiary/aromatic N) is 4. The van der Waals surface area contributed by atoms with Crippen molar-refractivity contribution in [2.75, 3.05) is 18.4 Å². The van der Waals surface area contributed by atoms with Crippen LogP contribution in [0.2, 0.25) is 0 Å². The summed E-state index contributed by atoms with van der Waals surface area (Å²) in [6, 6.07) is 8.39. The maximum absolute atomic E-state index is 14.1. The number of carbonyl (C=O) groups excluding carboxylic acids is 1. The second-order valence-corrected chi connectivity index (χ2v) is 6.71. The molecule has 0 aliphatic carbocycles. The van der Waals surface area contributed by atoms with E-state index in [2.05, 4.69) is 15.4 Å². The number of hydrogen-bond acceptors (Lipinski definition) is 3. The fourth-order valence-corrected chi connectivity index (χ4v) is 3.51. The van der Waals surface area contributed by atoms with E-state index in [1.165, 1.54) is 6.07 Å². The zero-order valence-electron chi connectivity index (χ0n) is 15.1. The number of piperidine rings is 1. The van der Waals surface area contributed by atoms with E-state index in [0.717, 1.165) is 12.1 Å². The van der Waals surface area contributed by atoms with Crippen molar-refractivity contribution in [1.29, 1.82) is 0 Å². The van der Waals surface area contributed by atoms with Crippen LogP contribution in [0, 0.1) is 11.6 Å². The maximum Gasteiger partial charge on any atom is 0.321 e. The van der Waals surface area contributed by atoms with E-state index in [4.69, 9.17) is 0 Å². The minimum absolute atomic E-state index is 0.241. The molecule has 6 nitrogen and oxygen atoms in total. The van der Waals surface area contributed by atoms with E-state index < -0.39 is 11.6 Å². The number of urea groups is 1. The van der Waals surface area contributed by atoms with Gasteiger partial charge < -0.3 is 10.2 Å². The van der Waals surface area contributed by atoms with Crippen LogP contribution in [-0.4, -0.2) is 38.8 Å². The van der Waals surface area contributed by atoms with Gasteiger partial charge in [0, 0.05) is 37.6 Å². The molecule has 3 heterocycles. The number of aromatic nitrogens is 3. The summed E-state index contributed by atoms with van der Waals surface area (Å²) in [5, 5.41) is 7.01. The summed E-state index contributed by atoms with van der Waals surface area (Å²) < 4.78 is 29.3. The van der Waals surface area contributed by atoms with E-state index in [9.17, 15) is 13.6 Å². The van der Waals surface area contributed by atoms with E-state index in [1.807, 2.05) is 0 Å². The van der Waals surface area contributed by atoms with Gasteiger partial charge in [0.2, 0.25) is 0 Å². The standard InChI is InChI=1S/C20H19F2N5O/c21-15-6-7-17(22)16(12-15)14-4-2-10-26(13-14)20(28)25-18-5-1-8-23-19(18)27-11-3-9-24-27/h1,3,5-9,11-12,14H,2,4,10,13H2,(H,25,28). The summed E-state index contributed by atoms with van der Waals surface area (Å²) in [7, 11) is 0. The molecule has 144 valence electrons. The van der Waals surface area contributed by atoms with Gasteiger partial charge >= 0.3 is 6.03 Å². The van der Waals surface area contributed by atoms with Gasteiger partial charge in [-0.05, 0) is 54.8 Å². The number of anilines is 1. The van der Waals surface area contributed by atoms with Gasteiger partial charge in [-0.2, -0.15) is 5.10 Å². The molecule has 2 amide bonds. The van der Waals surface area contributed by atoms with Gasteiger partial charge in [0.05, 0.1) is 5.69 Å². The number of hydrogen-bond donors (Lipinski definition) is 1. The molecule has 0 spiro atoms. The fourth-order valence-electron chi connectivity index (χ4n) is 3.51. The summed E-state index contributed by atoms with van der Waals surface area (Å²) in [4.78, 5) is 18.7. The van der Waals surface area contributed by atoms with Gasteiger partial charge in [-0.15, -0.1) is 0 Å². The van der Waals surface area contributed by atoms with E-state index in [-0.39, 0.29) is 11.9 Å². The molecule has 1 saturated heterocycles. The van der Waals surface area contributed by atoms with Crippen molar-refractivity contribution in [1.82, 2.24) is 19.7 Å². The van der Waals surface area contributed by atoms with Crippen LogP contribution in [0.3, 0.4) is 0 Å². The third-order valence-electron chi connectivity index (χ3n) is 4.86. The summed E-state index contributed by atoms with van der Waals surface area (Å²) in [5.74, 6) is -0.653. The van der Waals surface area contributed by atoms with Crippen LogP contribution in [0.1, 0.15) is 24.3 Å². The van der Waals surface area contributed by atoms with E-state index >= 15 is 0 Å². The lowest BCUT2D eigenvalue weighted by Gasteiger charge is -2.33. The number of pyridine rings is 1. The van der Waals surface area contributed by atoms with Crippen molar-refractivity contribution >= 4 is 11.7 Å². The number of halogens is 2. The molecule has 1 aromatic carbocycles. The Hall–Kier alpha value is -3.29. The van der Waals surface area contributed by atoms with Gasteiger partial charge in [-0.1, -0.05) is 0 Å². The highest BCUT2D eigenvalue weighted by atomic mass is 19.1. The maximum atomic E-state index is 14.1. The van der Waals surface area contributed by atoms with Gasteiger partial charge in [0.25, 0.3) is 0 Å². The first kappa shape index (κ1) is 18.1. The van der Waals surface area contributed by atoms with Crippen molar-refractivity contribution in [3.05, 3.63) is 72.2 Å². The predicted molar refractivity (Wildman–Crippen MR) is 100 cm³/mol. The lowest BCUT2D eigenvalue weighted by Crippen LogP contribution is -2.42. The second-order valence-electron chi connectivity index (χ2n) is 6.71. The molecule has 1 aliphatic rings. The minimum Gasteiger partial charge on any atom is -0.324 e. The van der Waals surface area contributed by atoms with E-state index in [1.54, 1.807) is 46.4 Å². The van der Waals surface area contributed by atoms with Crippen LogP contribution in [0.25, 0.3) is 5.82 Å². The Morgan fingerprint density at radius 3 is 2.89 bits per heavy atom. The molecule has 0 bridgehead atoms. The average molecular weight is 383 g/mol. The number of likely N-dealkylation sites (tertiary alicyclic amines) is 1. The molecule has 1 N–H and O–H groups in total. The molecule has 2 aromatic heterocycles. The summed E-state index contributed by atoms with van der Waals surface area (Å²) in [6.45, 7) is 0.875. The Kier molecular flexibility index (Phi) is 5.01. The minimum atomic E-state index is -0.475. The SMILES string of the molecule is O=C(Nc1cccnc1-n1cccn1)N1CCCC(c2cc(F)ccc2F)C1. The zero-order chi connectivity index (χ0) is 19.5. The van der Waals surface area contributed by atoms with Crippen molar-refractivity contribution in [2.24, 2.45) is 0 Å². The van der Waals surface area contributed by atoms with Gasteiger partial charge in [-0.3, -0.25) is 0 Å². The number of carbonyl (C=O) groups is 1. The van der Waals surface area contributed by atoms with Crippen LogP contribution >= 0.6 is 0 Å². The molecule has 1 aliphatic heterocycles. The molecular weight excluding hydrogens is 364 g/mol. The molecule has 28 heavy (non-hydrogen) atoms. The number of benzene rings is 1. The number of amides is 2. The first-order valence-corrected chi connectivity index (χ1v) is 9.08. The number of nitrogens with one attached hydrogen (secondary N) is 1. The molecule has 0 saturated carbocycles. The molecule has 1 atom stereocenters. The lowest BCUT2D eigenvalue weighted by molar-refractivity contribution is 0.192. The highest BCUT2D eigenvalue weighted by Crippen LogP contribution is 2.30. The van der Waals surface area contributed by atoms with Crippen LogP contribution in [0.5, 0.6) is 0 Å². The third-order valence-corrected chi connectivity index (χ3v) is 4.86. The summed E-state index contributed by atoms with van der Waals surface area (Å²) in [6.07, 6.45) is 6.41. The Morgan fingerprint density at radius 1 is 1.18 bits per heavy atom. The molecule has 8 heteroatoms. The normalized spacial score (nSPS) is 16.8. The topological polar surface area (TPSA) is 63.1 Å². The first-order valence-electron chi connectivity index (χ1n) is 9.08. The van der Waals surface area contributed by atoms with Gasteiger partial charge in [0.15, 0.2) is 5.82 Å². The Balaban J connectivity index is 1.51. The summed E-state index contributed by atoms with van der Waals surface area (Å²) >= 11 is 0. The van der Waals surface area contributed by atoms with Crippen LogP contribution in [-0.2, 0) is 0 Å². The van der Waals surface area contributed by atoms with E-state index in [0.29, 0.717) is 43.0 Å². The van der Waals surface area contributed by atoms with Crippen molar-refractivity contribution in [3.63, 3.8) is 0 Å². The fraction of sp³-hybridized carbons (Fsp3) is 0.250. The van der Waals surface area contributed by atoms with Crippen LogP contribution < -0.4 is 5.32 Å². The lowest BCUT2D eigenvalue weighted by atomic mass is 9.90. The van der Waals surface area contributed by atoms with Crippen LogP contribution in [0.4, 0.5) is 19.3 Å². The van der Waals surface area contributed by atoms with Crippen molar-refractivity contribution < 1.29 is 13.6 Å². The highest BCUT2D eigenvalue weighted by molar-refractivity contribution is 5.91. The average Bonchev–Trinajstić information content (AvgIpc) is 3.25. The molecule has 1 fully saturated rings. The molecular formula is C20H19F2N5O. The largest absolute Gasteiger partial charge is 0.324 e. The second kappa shape index (κ2) is 7.75. The number of rotatable bonds is 3. The predicted octanol–water partition coefficient (Wildman–Crippen LogP) is 3.96. The molecule has 3 aromatic rings. The van der Waals surface area contributed by atoms with Gasteiger partial charge in [-0.25, -0.2) is 23.2 Å². The first-order chi connectivity index (χ1) is 13.6.